The van der Waals surface area contributed by atoms with Crippen LogP contribution in [0.25, 0.3) is 0 Å². The minimum absolute atomic E-state index is 0.154. The topological polar surface area (TPSA) is 58.2 Å². The Morgan fingerprint density at radius 1 is 1.05 bits per heavy atom. The molecule has 0 aliphatic carbocycles. The highest BCUT2D eigenvalue weighted by atomic mass is 19.4. The van der Waals surface area contributed by atoms with Crippen LogP contribution in [0.5, 0.6) is 0 Å². The van der Waals surface area contributed by atoms with E-state index < -0.39 is 17.6 Å². The first-order valence-electron chi connectivity index (χ1n) is 6.00. The summed E-state index contributed by atoms with van der Waals surface area (Å²) in [6.07, 6.45) is -3.86. The molecule has 7 heteroatoms. The van der Waals surface area contributed by atoms with E-state index in [0.717, 1.165) is 24.3 Å². The van der Waals surface area contributed by atoms with Gasteiger partial charge in [0.2, 0.25) is 5.91 Å². The smallest absolute Gasteiger partial charge is 0.356 e. The van der Waals surface area contributed by atoms with E-state index in [1.165, 1.54) is 6.92 Å². The first-order valence-corrected chi connectivity index (χ1v) is 6.00. The maximum Gasteiger partial charge on any atom is 0.416 e. The molecule has 0 aliphatic rings. The zero-order valence-corrected chi connectivity index (χ0v) is 10.9. The van der Waals surface area contributed by atoms with Crippen molar-refractivity contribution < 1.29 is 22.8 Å². The predicted octanol–water partition coefficient (Wildman–Crippen LogP) is 1.96. The van der Waals surface area contributed by atoms with Crippen LogP contribution >= 0.6 is 0 Å². The van der Waals surface area contributed by atoms with Crippen molar-refractivity contribution in [2.45, 2.75) is 19.5 Å². The summed E-state index contributed by atoms with van der Waals surface area (Å²) in [7, 11) is 0. The van der Waals surface area contributed by atoms with E-state index in [1.807, 2.05) is 0 Å². The van der Waals surface area contributed by atoms with Gasteiger partial charge in [0.05, 0.1) is 5.56 Å². The molecule has 2 N–H and O–H groups in total. The van der Waals surface area contributed by atoms with Crippen LogP contribution in [-0.4, -0.2) is 24.9 Å². The van der Waals surface area contributed by atoms with Gasteiger partial charge in [0.15, 0.2) is 0 Å². The molecular weight excluding hydrogens is 273 g/mol. The van der Waals surface area contributed by atoms with Crippen molar-refractivity contribution in [3.63, 3.8) is 0 Å². The Morgan fingerprint density at radius 2 is 1.60 bits per heavy atom. The summed E-state index contributed by atoms with van der Waals surface area (Å²) in [6, 6.07) is 4.00. The lowest BCUT2D eigenvalue weighted by Crippen LogP contribution is -2.28. The molecule has 0 heterocycles. The summed E-state index contributed by atoms with van der Waals surface area (Å²) in [6.45, 7) is 2.16. The van der Waals surface area contributed by atoms with Crippen LogP contribution in [0.15, 0.2) is 24.3 Å². The van der Waals surface area contributed by atoms with Crippen molar-refractivity contribution in [3.8, 4) is 0 Å². The Labute approximate surface area is 114 Å². The van der Waals surface area contributed by atoms with Crippen molar-refractivity contribution in [2.24, 2.45) is 0 Å². The molecule has 0 aliphatic heterocycles. The fourth-order valence-corrected chi connectivity index (χ4v) is 1.47. The van der Waals surface area contributed by atoms with Crippen LogP contribution in [-0.2, 0) is 11.0 Å². The summed E-state index contributed by atoms with van der Waals surface area (Å²) in [5.41, 5.74) is -0.628. The van der Waals surface area contributed by atoms with Crippen LogP contribution in [0.3, 0.4) is 0 Å². The molecular formula is C13H15F3N2O2. The number of carbonyl (C=O) groups is 2. The fourth-order valence-electron chi connectivity index (χ4n) is 1.47. The SMILES string of the molecule is CC(=O)NCCCNC(=O)c1ccc(C(F)(F)F)cc1. The first kappa shape index (κ1) is 16.0. The third kappa shape index (κ3) is 5.29. The standard InChI is InChI=1S/C13H15F3N2O2/c1-9(19)17-7-2-8-18-12(20)10-3-5-11(6-4-10)13(14,15)16/h3-6H,2,7-8H2,1H3,(H,17,19)(H,18,20). The second-order valence-corrected chi connectivity index (χ2v) is 4.17. The minimum atomic E-state index is -4.41. The average molecular weight is 288 g/mol. The molecule has 0 spiro atoms. The lowest BCUT2D eigenvalue weighted by Gasteiger charge is -2.08. The third-order valence-electron chi connectivity index (χ3n) is 2.49. The zero-order chi connectivity index (χ0) is 15.2. The highest BCUT2D eigenvalue weighted by molar-refractivity contribution is 5.94. The summed E-state index contributed by atoms with van der Waals surface area (Å²) in [5, 5.41) is 5.13. The number of rotatable bonds is 5. The maximum atomic E-state index is 12.3. The van der Waals surface area contributed by atoms with Gasteiger partial charge in [0, 0.05) is 25.6 Å². The summed E-state index contributed by atoms with van der Waals surface area (Å²) < 4.78 is 37.0. The van der Waals surface area contributed by atoms with Crippen LogP contribution in [0, 0.1) is 0 Å². The number of halogens is 3. The van der Waals surface area contributed by atoms with Crippen molar-refractivity contribution in [1.82, 2.24) is 10.6 Å². The lowest BCUT2D eigenvalue weighted by molar-refractivity contribution is -0.137. The minimum Gasteiger partial charge on any atom is -0.356 e. The van der Waals surface area contributed by atoms with Crippen molar-refractivity contribution in [2.75, 3.05) is 13.1 Å². The van der Waals surface area contributed by atoms with E-state index in [9.17, 15) is 22.8 Å². The molecule has 20 heavy (non-hydrogen) atoms. The summed E-state index contributed by atoms with van der Waals surface area (Å²) in [5.74, 6) is -0.597. The molecule has 0 fully saturated rings. The number of hydrogen-bond acceptors (Lipinski definition) is 2. The van der Waals surface area contributed by atoms with Gasteiger partial charge < -0.3 is 10.6 Å². The van der Waals surface area contributed by atoms with E-state index in [-0.39, 0.29) is 11.5 Å². The van der Waals surface area contributed by atoms with Crippen molar-refractivity contribution in [3.05, 3.63) is 35.4 Å². The first-order chi connectivity index (χ1) is 9.30. The van der Waals surface area contributed by atoms with E-state index in [2.05, 4.69) is 10.6 Å². The molecule has 2 amide bonds. The Hall–Kier alpha value is -2.05. The van der Waals surface area contributed by atoms with Crippen LogP contribution in [0.1, 0.15) is 29.3 Å². The molecule has 0 bridgehead atoms. The van der Waals surface area contributed by atoms with Gasteiger partial charge in [0.1, 0.15) is 0 Å². The molecule has 1 aromatic rings. The van der Waals surface area contributed by atoms with E-state index >= 15 is 0 Å². The molecule has 0 atom stereocenters. The second kappa shape index (κ2) is 6.93. The summed E-state index contributed by atoms with van der Waals surface area (Å²) in [4.78, 5) is 22.2. The average Bonchev–Trinajstić information content (AvgIpc) is 2.37. The molecule has 0 radical (unpaired) electrons. The molecule has 0 aromatic heterocycles. The van der Waals surface area contributed by atoms with E-state index in [4.69, 9.17) is 0 Å². The third-order valence-corrected chi connectivity index (χ3v) is 2.49. The normalized spacial score (nSPS) is 11.0. The zero-order valence-electron chi connectivity index (χ0n) is 10.9. The van der Waals surface area contributed by atoms with E-state index in [0.29, 0.717) is 19.5 Å². The lowest BCUT2D eigenvalue weighted by atomic mass is 10.1. The molecule has 4 nitrogen and oxygen atoms in total. The number of carbonyl (C=O) groups excluding carboxylic acids is 2. The fraction of sp³-hybridized carbons (Fsp3) is 0.385. The highest BCUT2D eigenvalue weighted by Crippen LogP contribution is 2.28. The number of benzene rings is 1. The predicted molar refractivity (Wildman–Crippen MR) is 67.1 cm³/mol. The number of amides is 2. The summed E-state index contributed by atoms with van der Waals surface area (Å²) >= 11 is 0. The van der Waals surface area contributed by atoms with E-state index in [1.54, 1.807) is 0 Å². The Balaban J connectivity index is 2.42. The van der Waals surface area contributed by atoms with Gasteiger partial charge in [-0.1, -0.05) is 0 Å². The van der Waals surface area contributed by atoms with Crippen LogP contribution < -0.4 is 10.6 Å². The molecule has 0 unspecified atom stereocenters. The largest absolute Gasteiger partial charge is 0.416 e. The molecule has 1 aromatic carbocycles. The highest BCUT2D eigenvalue weighted by Gasteiger charge is 2.30. The molecule has 110 valence electrons. The van der Waals surface area contributed by atoms with Gasteiger partial charge in [-0.25, -0.2) is 0 Å². The Kier molecular flexibility index (Phi) is 5.54. The van der Waals surface area contributed by atoms with Crippen LogP contribution in [0.4, 0.5) is 13.2 Å². The van der Waals surface area contributed by atoms with Gasteiger partial charge in [-0.3, -0.25) is 9.59 Å². The number of nitrogens with one attached hydrogen (secondary N) is 2. The molecule has 0 saturated carbocycles. The maximum absolute atomic E-state index is 12.3. The molecule has 1 rings (SSSR count). The van der Waals surface area contributed by atoms with Gasteiger partial charge in [-0.2, -0.15) is 13.2 Å². The van der Waals surface area contributed by atoms with Gasteiger partial charge in [0.25, 0.3) is 5.91 Å². The van der Waals surface area contributed by atoms with Crippen molar-refractivity contribution >= 4 is 11.8 Å². The Morgan fingerprint density at radius 3 is 2.10 bits per heavy atom. The monoisotopic (exact) mass is 288 g/mol. The molecule has 0 saturated heterocycles. The second-order valence-electron chi connectivity index (χ2n) is 4.17. The quantitative estimate of drug-likeness (QED) is 0.814. The number of hydrogen-bond donors (Lipinski definition) is 2. The van der Waals surface area contributed by atoms with Gasteiger partial charge in [-0.15, -0.1) is 0 Å². The Bertz CT molecular complexity index is 469. The van der Waals surface area contributed by atoms with Gasteiger partial charge in [-0.05, 0) is 30.7 Å². The van der Waals surface area contributed by atoms with Crippen molar-refractivity contribution in [1.29, 1.82) is 0 Å². The van der Waals surface area contributed by atoms with Crippen LogP contribution in [0.2, 0.25) is 0 Å². The van der Waals surface area contributed by atoms with Gasteiger partial charge >= 0.3 is 6.18 Å². The number of alkyl halides is 3.